The number of nitrogens with zero attached hydrogens (tertiary/aromatic N) is 2. The third kappa shape index (κ3) is 2.52. The zero-order valence-corrected chi connectivity index (χ0v) is 10.0. The summed E-state index contributed by atoms with van der Waals surface area (Å²) in [5.74, 6) is 1.37. The monoisotopic (exact) mass is 245 g/mol. The normalized spacial score (nSPS) is 18.3. The van der Waals surface area contributed by atoms with E-state index in [1.807, 2.05) is 0 Å². The highest BCUT2D eigenvalue weighted by Crippen LogP contribution is 2.31. The molecule has 5 heteroatoms. The van der Waals surface area contributed by atoms with Gasteiger partial charge in [-0.25, -0.2) is 4.98 Å². The molecule has 1 atom stereocenters. The third-order valence-electron chi connectivity index (χ3n) is 2.94. The molecule has 1 aromatic rings. The van der Waals surface area contributed by atoms with Gasteiger partial charge in [-0.3, -0.25) is 0 Å². The summed E-state index contributed by atoms with van der Waals surface area (Å²) < 4.78 is 0. The molecule has 1 aliphatic carbocycles. The largest absolute Gasteiger partial charge is 0.366 e. The summed E-state index contributed by atoms with van der Waals surface area (Å²) in [6.07, 6.45) is 5.41. The standard InChI is InChI=1S/C10H13Cl2N3/c1-6(7-3-2-4-7)14-9-8(11)5-13-10(12)15-9/h5-7H,2-4H2,1H3,(H,13,14,15). The minimum Gasteiger partial charge on any atom is -0.366 e. The lowest BCUT2D eigenvalue weighted by atomic mass is 9.80. The maximum Gasteiger partial charge on any atom is 0.224 e. The van der Waals surface area contributed by atoms with E-state index >= 15 is 0 Å². The van der Waals surface area contributed by atoms with Crippen LogP contribution >= 0.6 is 23.2 Å². The molecule has 3 nitrogen and oxygen atoms in total. The Morgan fingerprint density at radius 3 is 2.80 bits per heavy atom. The highest BCUT2D eigenvalue weighted by Gasteiger charge is 2.24. The van der Waals surface area contributed by atoms with Crippen molar-refractivity contribution >= 4 is 29.0 Å². The highest BCUT2D eigenvalue weighted by atomic mass is 35.5. The summed E-state index contributed by atoms with van der Waals surface area (Å²) in [7, 11) is 0. The van der Waals surface area contributed by atoms with Gasteiger partial charge in [-0.15, -0.1) is 0 Å². The van der Waals surface area contributed by atoms with Gasteiger partial charge in [0.25, 0.3) is 0 Å². The predicted octanol–water partition coefficient (Wildman–Crippen LogP) is 3.38. The third-order valence-corrected chi connectivity index (χ3v) is 3.39. The maximum atomic E-state index is 5.96. The summed E-state index contributed by atoms with van der Waals surface area (Å²) in [6.45, 7) is 2.15. The van der Waals surface area contributed by atoms with Crippen molar-refractivity contribution in [2.75, 3.05) is 5.32 Å². The van der Waals surface area contributed by atoms with E-state index in [1.54, 1.807) is 0 Å². The highest BCUT2D eigenvalue weighted by molar-refractivity contribution is 6.33. The molecule has 0 radical (unpaired) electrons. The number of aromatic nitrogens is 2. The molecule has 1 aliphatic rings. The zero-order valence-electron chi connectivity index (χ0n) is 8.50. The van der Waals surface area contributed by atoms with Crippen LogP contribution in [0, 0.1) is 5.92 Å². The molecule has 0 aromatic carbocycles. The molecular formula is C10H13Cl2N3. The summed E-state index contributed by atoms with van der Waals surface area (Å²) in [5, 5.41) is 4.03. The lowest BCUT2D eigenvalue weighted by molar-refractivity contribution is 0.285. The van der Waals surface area contributed by atoms with E-state index in [1.165, 1.54) is 25.5 Å². The van der Waals surface area contributed by atoms with Crippen LogP contribution in [0.3, 0.4) is 0 Å². The molecule has 0 saturated heterocycles. The Balaban J connectivity index is 2.05. The van der Waals surface area contributed by atoms with Gasteiger partial charge in [-0.2, -0.15) is 4.98 Å². The van der Waals surface area contributed by atoms with Crippen LogP contribution in [0.2, 0.25) is 10.3 Å². The number of anilines is 1. The SMILES string of the molecule is CC(Nc1nc(Cl)ncc1Cl)C1CCC1. The Hall–Kier alpha value is -0.540. The van der Waals surface area contributed by atoms with Crippen LogP contribution in [-0.2, 0) is 0 Å². The predicted molar refractivity (Wildman–Crippen MR) is 62.5 cm³/mol. The van der Waals surface area contributed by atoms with E-state index in [9.17, 15) is 0 Å². The van der Waals surface area contributed by atoms with Crippen molar-refractivity contribution < 1.29 is 0 Å². The second-order valence-electron chi connectivity index (χ2n) is 3.96. The van der Waals surface area contributed by atoms with Gasteiger partial charge in [0.1, 0.15) is 10.8 Å². The van der Waals surface area contributed by atoms with Gasteiger partial charge < -0.3 is 5.32 Å². The van der Waals surface area contributed by atoms with Gasteiger partial charge in [0.15, 0.2) is 0 Å². The molecule has 0 bridgehead atoms. The summed E-state index contributed by atoms with van der Waals surface area (Å²) in [4.78, 5) is 7.87. The van der Waals surface area contributed by atoms with Crippen molar-refractivity contribution in [3.05, 3.63) is 16.5 Å². The molecule has 1 N–H and O–H groups in total. The first-order valence-corrected chi connectivity index (χ1v) is 5.87. The van der Waals surface area contributed by atoms with E-state index in [2.05, 4.69) is 22.2 Å². The van der Waals surface area contributed by atoms with Crippen molar-refractivity contribution in [1.29, 1.82) is 0 Å². The van der Waals surface area contributed by atoms with E-state index < -0.39 is 0 Å². The minimum atomic E-state index is 0.225. The van der Waals surface area contributed by atoms with Gasteiger partial charge in [-0.1, -0.05) is 18.0 Å². The average molecular weight is 246 g/mol. The molecule has 0 spiro atoms. The average Bonchev–Trinajstić information content (AvgIpc) is 2.08. The van der Waals surface area contributed by atoms with E-state index in [0.717, 1.165) is 5.92 Å². The lowest BCUT2D eigenvalue weighted by Crippen LogP contribution is -2.31. The van der Waals surface area contributed by atoms with Gasteiger partial charge in [-0.05, 0) is 37.3 Å². The number of hydrogen-bond acceptors (Lipinski definition) is 3. The zero-order chi connectivity index (χ0) is 10.8. The van der Waals surface area contributed by atoms with Crippen molar-refractivity contribution in [1.82, 2.24) is 9.97 Å². The molecule has 1 unspecified atom stereocenters. The van der Waals surface area contributed by atoms with Crippen molar-refractivity contribution in [2.45, 2.75) is 32.2 Å². The molecule has 1 fully saturated rings. The Morgan fingerprint density at radius 2 is 2.20 bits per heavy atom. The second-order valence-corrected chi connectivity index (χ2v) is 4.70. The number of hydrogen-bond donors (Lipinski definition) is 1. The van der Waals surface area contributed by atoms with Crippen LogP contribution in [0.25, 0.3) is 0 Å². The van der Waals surface area contributed by atoms with E-state index in [4.69, 9.17) is 23.2 Å². The van der Waals surface area contributed by atoms with E-state index in [0.29, 0.717) is 16.9 Å². The first-order valence-electron chi connectivity index (χ1n) is 5.11. The van der Waals surface area contributed by atoms with Crippen LogP contribution in [-0.4, -0.2) is 16.0 Å². The van der Waals surface area contributed by atoms with Gasteiger partial charge in [0, 0.05) is 6.04 Å². The fourth-order valence-electron chi connectivity index (χ4n) is 1.72. The summed E-state index contributed by atoms with van der Waals surface area (Å²) in [6, 6.07) is 0.391. The Labute approximate surface area is 99.2 Å². The summed E-state index contributed by atoms with van der Waals surface area (Å²) in [5.41, 5.74) is 0. The van der Waals surface area contributed by atoms with Crippen molar-refractivity contribution in [3.63, 3.8) is 0 Å². The molecule has 1 heterocycles. The Morgan fingerprint density at radius 1 is 1.47 bits per heavy atom. The number of rotatable bonds is 3. The van der Waals surface area contributed by atoms with Crippen molar-refractivity contribution in [3.8, 4) is 0 Å². The van der Waals surface area contributed by atoms with E-state index in [-0.39, 0.29) is 5.28 Å². The molecule has 0 aliphatic heterocycles. The summed E-state index contributed by atoms with van der Waals surface area (Å²) >= 11 is 11.7. The smallest absolute Gasteiger partial charge is 0.224 e. The van der Waals surface area contributed by atoms with Gasteiger partial charge in [0.05, 0.1) is 6.20 Å². The van der Waals surface area contributed by atoms with Crippen molar-refractivity contribution in [2.24, 2.45) is 5.92 Å². The molecule has 1 aromatic heterocycles. The van der Waals surface area contributed by atoms with Crippen LogP contribution in [0.4, 0.5) is 5.82 Å². The van der Waals surface area contributed by atoms with Gasteiger partial charge in [0.2, 0.25) is 5.28 Å². The first-order chi connectivity index (χ1) is 7.16. The molecule has 0 amide bonds. The molecule has 2 rings (SSSR count). The van der Waals surface area contributed by atoms with Crippen LogP contribution in [0.15, 0.2) is 6.20 Å². The number of nitrogens with one attached hydrogen (secondary N) is 1. The second kappa shape index (κ2) is 4.54. The minimum absolute atomic E-state index is 0.225. The fraction of sp³-hybridized carbons (Fsp3) is 0.600. The Bertz CT molecular complexity index is 353. The topological polar surface area (TPSA) is 37.8 Å². The maximum absolute atomic E-state index is 5.96. The van der Waals surface area contributed by atoms with Crippen LogP contribution in [0.1, 0.15) is 26.2 Å². The van der Waals surface area contributed by atoms with Gasteiger partial charge >= 0.3 is 0 Å². The van der Waals surface area contributed by atoms with Crippen LogP contribution in [0.5, 0.6) is 0 Å². The molecule has 82 valence electrons. The molecular weight excluding hydrogens is 233 g/mol. The molecule has 15 heavy (non-hydrogen) atoms. The van der Waals surface area contributed by atoms with Crippen LogP contribution < -0.4 is 5.32 Å². The quantitative estimate of drug-likeness (QED) is 0.830. The number of halogens is 2. The molecule has 1 saturated carbocycles. The fourth-order valence-corrected chi connectivity index (χ4v) is 2.00. The lowest BCUT2D eigenvalue weighted by Gasteiger charge is -2.32. The Kier molecular flexibility index (Phi) is 3.32. The first kappa shape index (κ1) is 11.0.